The average Bonchev–Trinajstić information content (AvgIpc) is 3.55. The number of fused-ring (bicyclic) bond motifs is 6. The van der Waals surface area contributed by atoms with E-state index in [1.54, 1.807) is 12.1 Å². The van der Waals surface area contributed by atoms with Crippen molar-refractivity contribution in [3.63, 3.8) is 0 Å². The zero-order valence-corrected chi connectivity index (χ0v) is 26.4. The van der Waals surface area contributed by atoms with E-state index in [2.05, 4.69) is 91.0 Å². The molecular formula is C37H30Br2N4O2. The Morgan fingerprint density at radius 3 is 1.31 bits per heavy atom. The first-order valence-electron chi connectivity index (χ1n) is 13.9. The fourth-order valence-corrected chi connectivity index (χ4v) is 6.65. The molecule has 0 fully saturated rings. The number of nitro groups is 1. The van der Waals surface area contributed by atoms with Crippen LogP contribution in [0.4, 0.5) is 11.4 Å². The van der Waals surface area contributed by atoms with Crippen molar-refractivity contribution in [2.45, 2.75) is 7.43 Å². The molecule has 0 atom stereocenters. The van der Waals surface area contributed by atoms with Crippen LogP contribution in [0.1, 0.15) is 8.85 Å². The number of nitro benzene ring substituents is 1. The molecule has 8 aromatic rings. The Labute approximate surface area is 278 Å². The summed E-state index contributed by atoms with van der Waals surface area (Å²) < 4.78 is 5.86. The molecule has 8 rings (SSSR count). The van der Waals surface area contributed by atoms with Gasteiger partial charge in [-0.2, -0.15) is 0 Å². The number of aromatic nitrogens is 2. The molecule has 2 heterocycles. The number of benzene rings is 6. The largest absolute Gasteiger partial charge is 0.397 e. The van der Waals surface area contributed by atoms with Gasteiger partial charge in [0, 0.05) is 38.0 Å². The van der Waals surface area contributed by atoms with Gasteiger partial charge in [-0.05, 0) is 54.6 Å². The van der Waals surface area contributed by atoms with Gasteiger partial charge in [0.2, 0.25) is 0 Å². The van der Waals surface area contributed by atoms with Crippen molar-refractivity contribution >= 4 is 86.8 Å². The van der Waals surface area contributed by atoms with Crippen LogP contribution >= 0.6 is 31.9 Å². The summed E-state index contributed by atoms with van der Waals surface area (Å²) in [5, 5.41) is 16.2. The fraction of sp³-hybridized carbons (Fsp3) is 0.0270. The van der Waals surface area contributed by atoms with Crippen LogP contribution in [0.3, 0.4) is 0 Å². The third kappa shape index (κ3) is 5.26. The van der Waals surface area contributed by atoms with Crippen molar-refractivity contribution in [1.29, 1.82) is 0 Å². The van der Waals surface area contributed by atoms with Gasteiger partial charge in [0.1, 0.15) is 5.69 Å². The molecule has 0 amide bonds. The van der Waals surface area contributed by atoms with Crippen molar-refractivity contribution in [2.24, 2.45) is 0 Å². The molecule has 2 aromatic heterocycles. The number of nitrogen functional groups attached to an aromatic ring is 1. The Kier molecular flexibility index (Phi) is 8.18. The van der Waals surface area contributed by atoms with Crippen molar-refractivity contribution in [3.05, 3.63) is 153 Å². The highest BCUT2D eigenvalue weighted by Crippen LogP contribution is 2.37. The van der Waals surface area contributed by atoms with Crippen LogP contribution in [0.2, 0.25) is 0 Å². The lowest BCUT2D eigenvalue weighted by molar-refractivity contribution is -0.384. The maximum absolute atomic E-state index is 11.5. The third-order valence-corrected chi connectivity index (χ3v) is 8.75. The molecule has 8 heteroatoms. The van der Waals surface area contributed by atoms with Gasteiger partial charge in [-0.15, -0.1) is 0 Å². The summed E-state index contributed by atoms with van der Waals surface area (Å²) in [4.78, 5) is 11.2. The number of para-hydroxylation sites is 4. The molecule has 6 aromatic carbocycles. The number of nitrogens with two attached hydrogens (primary N) is 1. The second-order valence-corrected chi connectivity index (χ2v) is 12.2. The van der Waals surface area contributed by atoms with Crippen LogP contribution in [-0.4, -0.2) is 14.1 Å². The molecule has 0 aliphatic carbocycles. The summed E-state index contributed by atoms with van der Waals surface area (Å²) in [5.41, 5.74) is 12.9. The van der Waals surface area contributed by atoms with Gasteiger partial charge in [-0.25, -0.2) is 0 Å². The van der Waals surface area contributed by atoms with Gasteiger partial charge in [-0.1, -0.05) is 112 Å². The van der Waals surface area contributed by atoms with E-state index in [0.29, 0.717) is 10.2 Å². The second kappa shape index (κ2) is 12.2. The third-order valence-electron chi connectivity index (χ3n) is 7.77. The summed E-state index contributed by atoms with van der Waals surface area (Å²) in [6.07, 6.45) is 0. The van der Waals surface area contributed by atoms with E-state index in [4.69, 9.17) is 5.73 Å². The van der Waals surface area contributed by atoms with Crippen molar-refractivity contribution in [1.82, 2.24) is 9.13 Å². The normalized spacial score (nSPS) is 11.0. The lowest BCUT2D eigenvalue weighted by atomic mass is 10.2. The lowest BCUT2D eigenvalue weighted by Crippen LogP contribution is -2.00. The topological polar surface area (TPSA) is 79.0 Å². The number of halogens is 2. The van der Waals surface area contributed by atoms with E-state index >= 15 is 0 Å². The van der Waals surface area contributed by atoms with Crippen LogP contribution < -0.4 is 5.73 Å². The van der Waals surface area contributed by atoms with E-state index < -0.39 is 0 Å². The zero-order valence-electron chi connectivity index (χ0n) is 23.2. The Hall–Kier alpha value is -4.92. The molecule has 0 saturated carbocycles. The Balaban J connectivity index is 0.000000174. The lowest BCUT2D eigenvalue weighted by Gasteiger charge is -2.11. The van der Waals surface area contributed by atoms with Crippen LogP contribution in [0.5, 0.6) is 0 Å². The van der Waals surface area contributed by atoms with E-state index in [9.17, 15) is 10.1 Å². The molecule has 6 nitrogen and oxygen atoms in total. The summed E-state index contributed by atoms with van der Waals surface area (Å²) in [6, 6.07) is 43.9. The molecular weight excluding hydrogens is 692 g/mol. The maximum atomic E-state index is 11.5. The van der Waals surface area contributed by atoms with Crippen molar-refractivity contribution < 1.29 is 6.35 Å². The minimum absolute atomic E-state index is 0. The Morgan fingerprint density at radius 1 is 0.556 bits per heavy atom. The van der Waals surface area contributed by atoms with Gasteiger partial charge < -0.3 is 14.9 Å². The highest BCUT2D eigenvalue weighted by molar-refractivity contribution is 9.10. The molecule has 0 aliphatic heterocycles. The van der Waals surface area contributed by atoms with Crippen LogP contribution in [0, 0.1) is 10.1 Å². The monoisotopic (exact) mass is 721 g/mol. The van der Waals surface area contributed by atoms with E-state index in [-0.39, 0.29) is 19.5 Å². The SMILES string of the molecule is C.Nc1cc(Br)ccc1-n1c2ccccc2c2ccccc21.O=[N+]([O-])c1cc(Br)ccc1-n1c2ccccc2c2ccccc21.[2HH]. The first-order valence-corrected chi connectivity index (χ1v) is 15.5. The van der Waals surface area contributed by atoms with Gasteiger partial charge >= 0.3 is 0 Å². The molecule has 0 bridgehead atoms. The molecule has 0 radical (unpaired) electrons. The quantitative estimate of drug-likeness (QED) is 0.112. The van der Waals surface area contributed by atoms with Gasteiger partial charge in [0.15, 0.2) is 0 Å². The summed E-state index contributed by atoms with van der Waals surface area (Å²) >= 11 is 6.78. The minimum Gasteiger partial charge on any atom is -0.397 e. The number of hydrogen-bond donors (Lipinski definition) is 1. The number of anilines is 1. The zero-order chi connectivity index (χ0) is 30.4. The number of nitrogens with zero attached hydrogens (tertiary/aromatic N) is 3. The molecule has 0 spiro atoms. The Morgan fingerprint density at radius 2 is 0.911 bits per heavy atom. The molecule has 0 aliphatic rings. The van der Waals surface area contributed by atoms with Crippen LogP contribution in [-0.2, 0) is 0 Å². The molecule has 0 unspecified atom stereocenters. The van der Waals surface area contributed by atoms with Gasteiger partial charge in [-0.3, -0.25) is 10.1 Å². The van der Waals surface area contributed by atoms with E-state index in [0.717, 1.165) is 37.7 Å². The first kappa shape index (κ1) is 30.1. The highest BCUT2D eigenvalue weighted by Gasteiger charge is 2.20. The maximum Gasteiger partial charge on any atom is 0.294 e. The summed E-state index contributed by atoms with van der Waals surface area (Å²) in [7, 11) is 0. The highest BCUT2D eigenvalue weighted by atomic mass is 79.9. The van der Waals surface area contributed by atoms with Crippen LogP contribution in [0.15, 0.2) is 142 Å². The number of rotatable bonds is 3. The predicted molar refractivity (Wildman–Crippen MR) is 197 cm³/mol. The van der Waals surface area contributed by atoms with Gasteiger partial charge in [0.25, 0.3) is 5.69 Å². The smallest absolute Gasteiger partial charge is 0.294 e. The molecule has 45 heavy (non-hydrogen) atoms. The standard InChI is InChI=1S/C18H11BrN2O2.C18H13BrN2.CH4.H2/c19-12-9-10-17(18(11-12)21(22)23)20-15-7-3-1-5-13(15)14-6-2-4-8-16(14)20;19-12-9-10-18(15(20)11-12)21-16-7-3-1-5-13(16)14-6-2-4-8-17(14)21;;/h1-11H;1-11H,20H2;1H4;1H/i;;;1+1. The minimum atomic E-state index is -0.344. The second-order valence-electron chi connectivity index (χ2n) is 10.3. The average molecular weight is 723 g/mol. The first-order chi connectivity index (χ1) is 21.4. The molecule has 2 N–H and O–H groups in total. The fourth-order valence-electron chi connectivity index (χ4n) is 5.93. The molecule has 0 saturated heterocycles. The van der Waals surface area contributed by atoms with E-state index in [1.807, 2.05) is 71.3 Å². The number of hydrogen-bond acceptors (Lipinski definition) is 3. The van der Waals surface area contributed by atoms with E-state index in [1.165, 1.54) is 21.8 Å². The molecule has 224 valence electrons. The van der Waals surface area contributed by atoms with Crippen LogP contribution in [0.25, 0.3) is 55.0 Å². The Bertz CT molecular complexity index is 2280. The van der Waals surface area contributed by atoms with Gasteiger partial charge in [0.05, 0.1) is 38.4 Å². The van der Waals surface area contributed by atoms with Crippen molar-refractivity contribution in [2.75, 3.05) is 5.73 Å². The summed E-state index contributed by atoms with van der Waals surface area (Å²) in [5.74, 6) is 0. The summed E-state index contributed by atoms with van der Waals surface area (Å²) in [6.45, 7) is 0. The predicted octanol–water partition coefficient (Wildman–Crippen LogP) is 11.5. The van der Waals surface area contributed by atoms with Crippen molar-refractivity contribution in [3.8, 4) is 11.4 Å².